The molecule has 0 N–H and O–H groups in total. The Morgan fingerprint density at radius 2 is 2.16 bits per heavy atom. The molecule has 2 heterocycles. The first kappa shape index (κ1) is 13.1. The molecular formula is C10H8F3N3O3. The largest absolute Gasteiger partial charge is 0.455 e. The zero-order valence-electron chi connectivity index (χ0n) is 9.42. The summed E-state index contributed by atoms with van der Waals surface area (Å²) in [5, 5.41) is 3.66. The Hall–Kier alpha value is -2.32. The van der Waals surface area contributed by atoms with Crippen LogP contribution in [0.1, 0.15) is 0 Å². The Morgan fingerprint density at radius 3 is 2.84 bits per heavy atom. The Balaban J connectivity index is 2.11. The van der Waals surface area contributed by atoms with Gasteiger partial charge in [-0.1, -0.05) is 0 Å². The van der Waals surface area contributed by atoms with Gasteiger partial charge in [0.2, 0.25) is 0 Å². The highest BCUT2D eigenvalue weighted by Crippen LogP contribution is 2.14. The van der Waals surface area contributed by atoms with Crippen molar-refractivity contribution in [3.63, 3.8) is 0 Å². The lowest BCUT2D eigenvalue weighted by molar-refractivity contribution is -0.186. The SMILES string of the molecule is O=C(Cn1ncc2cccn2c1=O)OCC(F)(F)F. The molecule has 9 heteroatoms. The Labute approximate surface area is 104 Å². The fourth-order valence-electron chi connectivity index (χ4n) is 1.41. The third-order valence-corrected chi connectivity index (χ3v) is 2.21. The molecule has 0 saturated heterocycles. The fourth-order valence-corrected chi connectivity index (χ4v) is 1.41. The molecule has 0 aliphatic rings. The van der Waals surface area contributed by atoms with Gasteiger partial charge in [0.1, 0.15) is 6.54 Å². The van der Waals surface area contributed by atoms with Crippen molar-refractivity contribution in [3.8, 4) is 0 Å². The van der Waals surface area contributed by atoms with Crippen molar-refractivity contribution in [3.05, 3.63) is 35.0 Å². The van der Waals surface area contributed by atoms with Gasteiger partial charge >= 0.3 is 17.8 Å². The number of aromatic nitrogens is 3. The van der Waals surface area contributed by atoms with Gasteiger partial charge in [0.05, 0.1) is 11.7 Å². The molecule has 2 rings (SSSR count). The molecule has 0 fully saturated rings. The number of fused-ring (bicyclic) bond motifs is 1. The van der Waals surface area contributed by atoms with E-state index >= 15 is 0 Å². The van der Waals surface area contributed by atoms with Crippen LogP contribution in [0.2, 0.25) is 0 Å². The number of esters is 1. The Morgan fingerprint density at radius 1 is 1.42 bits per heavy atom. The number of carbonyl (C=O) groups is 1. The molecule has 0 unspecified atom stereocenters. The lowest BCUT2D eigenvalue weighted by Gasteiger charge is -2.08. The van der Waals surface area contributed by atoms with Crippen molar-refractivity contribution in [2.75, 3.05) is 6.61 Å². The van der Waals surface area contributed by atoms with E-state index in [0.717, 1.165) is 4.68 Å². The van der Waals surface area contributed by atoms with Gasteiger partial charge in [-0.15, -0.1) is 0 Å². The van der Waals surface area contributed by atoms with Crippen LogP contribution in [-0.4, -0.2) is 32.9 Å². The van der Waals surface area contributed by atoms with Crippen LogP contribution < -0.4 is 5.69 Å². The van der Waals surface area contributed by atoms with Crippen molar-refractivity contribution in [2.45, 2.75) is 12.7 Å². The topological polar surface area (TPSA) is 65.6 Å². The van der Waals surface area contributed by atoms with Gasteiger partial charge in [0, 0.05) is 6.20 Å². The summed E-state index contributed by atoms with van der Waals surface area (Å²) in [5.41, 5.74) is -0.114. The Bertz CT molecular complexity index is 659. The van der Waals surface area contributed by atoms with Gasteiger partial charge < -0.3 is 4.74 Å². The lowest BCUT2D eigenvalue weighted by atomic mass is 10.5. The first-order valence-corrected chi connectivity index (χ1v) is 5.12. The number of carbonyl (C=O) groups excluding carboxylic acids is 1. The smallest absolute Gasteiger partial charge is 0.422 e. The summed E-state index contributed by atoms with van der Waals surface area (Å²) in [7, 11) is 0. The lowest BCUT2D eigenvalue weighted by Crippen LogP contribution is -2.32. The number of alkyl halides is 3. The number of rotatable bonds is 3. The second-order valence-electron chi connectivity index (χ2n) is 3.66. The number of hydrogen-bond acceptors (Lipinski definition) is 4. The molecule has 102 valence electrons. The van der Waals surface area contributed by atoms with Crippen LogP contribution in [0.25, 0.3) is 5.52 Å². The zero-order valence-corrected chi connectivity index (χ0v) is 9.42. The first-order chi connectivity index (χ1) is 8.87. The van der Waals surface area contributed by atoms with E-state index in [2.05, 4.69) is 9.84 Å². The molecule has 2 aromatic heterocycles. The van der Waals surface area contributed by atoms with Crippen LogP contribution in [0.4, 0.5) is 13.2 Å². The van der Waals surface area contributed by atoms with Crippen LogP contribution >= 0.6 is 0 Å². The van der Waals surface area contributed by atoms with E-state index in [1.54, 1.807) is 12.1 Å². The van der Waals surface area contributed by atoms with Gasteiger partial charge in [-0.05, 0) is 12.1 Å². The molecule has 0 saturated carbocycles. The molecule has 0 aliphatic heterocycles. The average Bonchev–Trinajstić information content (AvgIpc) is 2.78. The molecule has 0 radical (unpaired) electrons. The normalized spacial score (nSPS) is 11.7. The minimum Gasteiger partial charge on any atom is -0.455 e. The van der Waals surface area contributed by atoms with Crippen LogP contribution in [0.15, 0.2) is 29.3 Å². The van der Waals surface area contributed by atoms with E-state index in [4.69, 9.17) is 0 Å². The predicted octanol–water partition coefficient (Wildman–Crippen LogP) is 0.601. The number of halogens is 3. The minimum atomic E-state index is -4.60. The van der Waals surface area contributed by atoms with Gasteiger partial charge in [-0.25, -0.2) is 9.48 Å². The van der Waals surface area contributed by atoms with Crippen LogP contribution in [0, 0.1) is 0 Å². The highest BCUT2D eigenvalue weighted by atomic mass is 19.4. The average molecular weight is 275 g/mol. The molecule has 0 spiro atoms. The fraction of sp³-hybridized carbons (Fsp3) is 0.300. The minimum absolute atomic E-state index is 0.518. The summed E-state index contributed by atoms with van der Waals surface area (Å²) < 4.78 is 41.4. The van der Waals surface area contributed by atoms with E-state index in [1.165, 1.54) is 16.8 Å². The molecule has 0 atom stereocenters. The quantitative estimate of drug-likeness (QED) is 0.769. The number of nitrogens with zero attached hydrogens (tertiary/aromatic N) is 3. The highest BCUT2D eigenvalue weighted by molar-refractivity contribution is 5.69. The van der Waals surface area contributed by atoms with Crippen LogP contribution in [0.3, 0.4) is 0 Å². The zero-order chi connectivity index (χ0) is 14.0. The molecule has 2 aromatic rings. The highest BCUT2D eigenvalue weighted by Gasteiger charge is 2.29. The predicted molar refractivity (Wildman–Crippen MR) is 56.5 cm³/mol. The van der Waals surface area contributed by atoms with Crippen molar-refractivity contribution >= 4 is 11.5 Å². The van der Waals surface area contributed by atoms with Gasteiger partial charge in [0.25, 0.3) is 0 Å². The number of ether oxygens (including phenoxy) is 1. The molecule has 19 heavy (non-hydrogen) atoms. The van der Waals surface area contributed by atoms with E-state index in [1.807, 2.05) is 0 Å². The third-order valence-electron chi connectivity index (χ3n) is 2.21. The van der Waals surface area contributed by atoms with Crippen LogP contribution in [-0.2, 0) is 16.1 Å². The van der Waals surface area contributed by atoms with E-state index < -0.39 is 31.0 Å². The second kappa shape index (κ2) is 4.75. The van der Waals surface area contributed by atoms with Crippen LogP contribution in [0.5, 0.6) is 0 Å². The van der Waals surface area contributed by atoms with Crippen molar-refractivity contribution in [1.29, 1.82) is 0 Å². The summed E-state index contributed by atoms with van der Waals surface area (Å²) in [6.45, 7) is -2.37. The standard InChI is InChI=1S/C10H8F3N3O3/c11-10(12,13)6-19-8(17)5-16-9(18)15-3-1-2-7(15)4-14-16/h1-4H,5-6H2. The maximum atomic E-state index is 11.8. The van der Waals surface area contributed by atoms with Crippen molar-refractivity contribution < 1.29 is 22.7 Å². The second-order valence-corrected chi connectivity index (χ2v) is 3.66. The molecule has 0 aliphatic carbocycles. The molecule has 0 aromatic carbocycles. The van der Waals surface area contributed by atoms with E-state index in [9.17, 15) is 22.8 Å². The maximum absolute atomic E-state index is 11.8. The number of hydrogen-bond donors (Lipinski definition) is 0. The van der Waals surface area contributed by atoms with Gasteiger partial charge in [0.15, 0.2) is 6.61 Å². The third kappa shape index (κ3) is 3.12. The van der Waals surface area contributed by atoms with E-state index in [-0.39, 0.29) is 0 Å². The van der Waals surface area contributed by atoms with Crippen molar-refractivity contribution in [2.24, 2.45) is 0 Å². The Kier molecular flexibility index (Phi) is 3.28. The summed E-state index contributed by atoms with van der Waals surface area (Å²) in [4.78, 5) is 22.9. The molecule has 0 bridgehead atoms. The summed E-state index contributed by atoms with van der Waals surface area (Å²) in [6, 6.07) is 3.23. The maximum Gasteiger partial charge on any atom is 0.422 e. The van der Waals surface area contributed by atoms with Gasteiger partial charge in [-0.3, -0.25) is 9.20 Å². The first-order valence-electron chi connectivity index (χ1n) is 5.12. The van der Waals surface area contributed by atoms with E-state index in [0.29, 0.717) is 5.52 Å². The van der Waals surface area contributed by atoms with Crippen molar-refractivity contribution in [1.82, 2.24) is 14.2 Å². The molecular weight excluding hydrogens is 267 g/mol. The molecule has 0 amide bonds. The monoisotopic (exact) mass is 275 g/mol. The summed E-state index contributed by atoms with van der Waals surface area (Å²) in [5.74, 6) is -1.18. The van der Waals surface area contributed by atoms with Gasteiger partial charge in [-0.2, -0.15) is 18.3 Å². The summed E-state index contributed by atoms with van der Waals surface area (Å²) in [6.07, 6.45) is -1.83. The summed E-state index contributed by atoms with van der Waals surface area (Å²) >= 11 is 0. The molecule has 6 nitrogen and oxygen atoms in total.